The lowest BCUT2D eigenvalue weighted by atomic mass is 10.1. The van der Waals surface area contributed by atoms with Gasteiger partial charge in [0.05, 0.1) is 0 Å². The van der Waals surface area contributed by atoms with Crippen LogP contribution in [0.4, 0.5) is 0 Å². The fraction of sp³-hybridized carbons (Fsp3) is 0.650. The zero-order valence-electron chi connectivity index (χ0n) is 16.2. The standard InChI is InChI=1S/C20H34N4.HI/c1-16(2)17(3)23-20(21-4)22-14-19-11-13-24(15-19)12-10-18-8-6-5-7-9-18;/h5-9,16-17,19H,10-15H2,1-4H3,(H2,21,22,23);1H. The number of guanidine groups is 1. The van der Waals surface area contributed by atoms with Gasteiger partial charge in [-0.1, -0.05) is 44.2 Å². The van der Waals surface area contributed by atoms with E-state index < -0.39 is 0 Å². The van der Waals surface area contributed by atoms with Crippen LogP contribution in [-0.4, -0.2) is 50.1 Å². The van der Waals surface area contributed by atoms with E-state index >= 15 is 0 Å². The van der Waals surface area contributed by atoms with Crippen LogP contribution >= 0.6 is 24.0 Å². The summed E-state index contributed by atoms with van der Waals surface area (Å²) in [6.45, 7) is 11.2. The molecule has 0 radical (unpaired) electrons. The van der Waals surface area contributed by atoms with Gasteiger partial charge >= 0.3 is 0 Å². The molecule has 0 saturated carbocycles. The summed E-state index contributed by atoms with van der Waals surface area (Å²) in [5, 5.41) is 6.98. The second-order valence-electron chi connectivity index (χ2n) is 7.32. The minimum atomic E-state index is 0. The fourth-order valence-corrected chi connectivity index (χ4v) is 3.03. The molecule has 0 amide bonds. The Morgan fingerprint density at radius 2 is 1.96 bits per heavy atom. The molecule has 1 fully saturated rings. The maximum Gasteiger partial charge on any atom is 0.191 e. The van der Waals surface area contributed by atoms with Crippen LogP contribution in [0.15, 0.2) is 35.3 Å². The molecular weight excluding hydrogens is 423 g/mol. The summed E-state index contributed by atoms with van der Waals surface area (Å²) in [6, 6.07) is 11.2. The van der Waals surface area contributed by atoms with E-state index in [-0.39, 0.29) is 24.0 Å². The van der Waals surface area contributed by atoms with Gasteiger partial charge in [-0.05, 0) is 43.7 Å². The highest BCUT2D eigenvalue weighted by molar-refractivity contribution is 14.0. The van der Waals surface area contributed by atoms with Gasteiger partial charge < -0.3 is 15.5 Å². The zero-order valence-corrected chi connectivity index (χ0v) is 18.5. The van der Waals surface area contributed by atoms with Crippen LogP contribution in [0.1, 0.15) is 32.8 Å². The van der Waals surface area contributed by atoms with Gasteiger partial charge in [0.2, 0.25) is 0 Å². The van der Waals surface area contributed by atoms with Gasteiger partial charge in [-0.25, -0.2) is 0 Å². The summed E-state index contributed by atoms with van der Waals surface area (Å²) < 4.78 is 0. The predicted octanol–water partition coefficient (Wildman–Crippen LogP) is 3.38. The van der Waals surface area contributed by atoms with Crippen LogP contribution in [0.5, 0.6) is 0 Å². The average Bonchev–Trinajstić information content (AvgIpc) is 3.05. The van der Waals surface area contributed by atoms with Crippen molar-refractivity contribution < 1.29 is 0 Å². The molecule has 1 aromatic carbocycles. The molecule has 2 atom stereocenters. The highest BCUT2D eigenvalue weighted by Crippen LogP contribution is 2.16. The number of rotatable bonds is 7. The monoisotopic (exact) mass is 458 g/mol. The first-order valence-electron chi connectivity index (χ1n) is 9.32. The fourth-order valence-electron chi connectivity index (χ4n) is 3.03. The van der Waals surface area contributed by atoms with Crippen molar-refractivity contribution in [3.63, 3.8) is 0 Å². The second kappa shape index (κ2) is 11.7. The Labute approximate surface area is 170 Å². The number of hydrogen-bond donors (Lipinski definition) is 2. The van der Waals surface area contributed by atoms with Gasteiger partial charge in [0.15, 0.2) is 5.96 Å². The molecule has 1 aromatic rings. The lowest BCUT2D eigenvalue weighted by Gasteiger charge is -2.22. The number of nitrogens with one attached hydrogen (secondary N) is 2. The Morgan fingerprint density at radius 1 is 1.24 bits per heavy atom. The van der Waals surface area contributed by atoms with Crippen molar-refractivity contribution in [1.29, 1.82) is 0 Å². The lowest BCUT2D eigenvalue weighted by molar-refractivity contribution is 0.328. The van der Waals surface area contributed by atoms with E-state index in [0.29, 0.717) is 17.9 Å². The third-order valence-electron chi connectivity index (χ3n) is 5.08. The molecule has 2 rings (SSSR count). The topological polar surface area (TPSA) is 39.7 Å². The number of nitrogens with zero attached hydrogens (tertiary/aromatic N) is 2. The van der Waals surface area contributed by atoms with Gasteiger partial charge in [0.1, 0.15) is 0 Å². The van der Waals surface area contributed by atoms with Crippen LogP contribution in [0.3, 0.4) is 0 Å². The van der Waals surface area contributed by atoms with Crippen molar-refractivity contribution in [1.82, 2.24) is 15.5 Å². The van der Waals surface area contributed by atoms with E-state index in [1.54, 1.807) is 0 Å². The number of aliphatic imine (C=N–C) groups is 1. The molecule has 1 heterocycles. The Morgan fingerprint density at radius 3 is 2.60 bits per heavy atom. The van der Waals surface area contributed by atoms with Crippen molar-refractivity contribution in [3.8, 4) is 0 Å². The van der Waals surface area contributed by atoms with E-state index in [4.69, 9.17) is 0 Å². The Bertz CT molecular complexity index is 504. The molecular formula is C20H35IN4. The second-order valence-corrected chi connectivity index (χ2v) is 7.32. The maximum atomic E-state index is 4.35. The minimum Gasteiger partial charge on any atom is -0.356 e. The first-order chi connectivity index (χ1) is 11.6. The quantitative estimate of drug-likeness (QED) is 0.374. The summed E-state index contributed by atoms with van der Waals surface area (Å²) in [5.41, 5.74) is 1.44. The third kappa shape index (κ3) is 7.94. The first-order valence-corrected chi connectivity index (χ1v) is 9.32. The molecule has 0 aromatic heterocycles. The summed E-state index contributed by atoms with van der Waals surface area (Å²) in [6.07, 6.45) is 2.43. The van der Waals surface area contributed by atoms with Gasteiger partial charge in [-0.15, -0.1) is 24.0 Å². The van der Waals surface area contributed by atoms with Gasteiger partial charge in [0.25, 0.3) is 0 Å². The smallest absolute Gasteiger partial charge is 0.191 e. The van der Waals surface area contributed by atoms with Crippen molar-refractivity contribution in [2.75, 3.05) is 33.2 Å². The van der Waals surface area contributed by atoms with Crippen molar-refractivity contribution in [3.05, 3.63) is 35.9 Å². The Hall–Kier alpha value is -0.820. The molecule has 4 nitrogen and oxygen atoms in total. The lowest BCUT2D eigenvalue weighted by Crippen LogP contribution is -2.45. The molecule has 1 saturated heterocycles. The minimum absolute atomic E-state index is 0. The summed E-state index contributed by atoms with van der Waals surface area (Å²) in [4.78, 5) is 6.94. The predicted molar refractivity (Wildman–Crippen MR) is 119 cm³/mol. The molecule has 1 aliphatic heterocycles. The molecule has 25 heavy (non-hydrogen) atoms. The molecule has 142 valence electrons. The number of hydrogen-bond acceptors (Lipinski definition) is 2. The van der Waals surface area contributed by atoms with Gasteiger partial charge in [-0.3, -0.25) is 4.99 Å². The van der Waals surface area contributed by atoms with Crippen molar-refractivity contribution >= 4 is 29.9 Å². The molecule has 2 unspecified atom stereocenters. The van der Waals surface area contributed by atoms with Crippen molar-refractivity contribution in [2.45, 2.75) is 39.7 Å². The van der Waals surface area contributed by atoms with Crippen LogP contribution < -0.4 is 10.6 Å². The molecule has 0 bridgehead atoms. The molecule has 2 N–H and O–H groups in total. The number of halogens is 1. The Balaban J connectivity index is 0.00000312. The van der Waals surface area contributed by atoms with Crippen LogP contribution in [0, 0.1) is 11.8 Å². The third-order valence-corrected chi connectivity index (χ3v) is 5.08. The highest BCUT2D eigenvalue weighted by atomic mass is 127. The molecule has 1 aliphatic rings. The van der Waals surface area contributed by atoms with E-state index in [9.17, 15) is 0 Å². The van der Waals surface area contributed by atoms with Crippen LogP contribution in [0.2, 0.25) is 0 Å². The largest absolute Gasteiger partial charge is 0.356 e. The van der Waals surface area contributed by atoms with E-state index in [0.717, 1.165) is 25.5 Å². The van der Waals surface area contributed by atoms with Crippen LogP contribution in [-0.2, 0) is 6.42 Å². The van der Waals surface area contributed by atoms with Crippen LogP contribution in [0.25, 0.3) is 0 Å². The van der Waals surface area contributed by atoms with Crippen molar-refractivity contribution in [2.24, 2.45) is 16.8 Å². The number of likely N-dealkylation sites (tertiary alicyclic amines) is 1. The average molecular weight is 458 g/mol. The molecule has 0 spiro atoms. The summed E-state index contributed by atoms with van der Waals surface area (Å²) >= 11 is 0. The SMILES string of the molecule is CN=C(NCC1CCN(CCc2ccccc2)C1)NC(C)C(C)C.I. The van der Waals surface area contributed by atoms with Gasteiger partial charge in [0, 0.05) is 32.7 Å². The van der Waals surface area contributed by atoms with E-state index in [1.165, 1.54) is 25.1 Å². The highest BCUT2D eigenvalue weighted by Gasteiger charge is 2.22. The normalized spacial score (nSPS) is 19.6. The molecule has 5 heteroatoms. The maximum absolute atomic E-state index is 4.35. The summed E-state index contributed by atoms with van der Waals surface area (Å²) in [5.74, 6) is 2.25. The zero-order chi connectivity index (χ0) is 17.4. The van der Waals surface area contributed by atoms with Gasteiger partial charge in [-0.2, -0.15) is 0 Å². The molecule has 0 aliphatic carbocycles. The van der Waals surface area contributed by atoms with E-state index in [1.807, 2.05) is 7.05 Å². The number of benzene rings is 1. The summed E-state index contributed by atoms with van der Waals surface area (Å²) in [7, 11) is 1.85. The van der Waals surface area contributed by atoms with E-state index in [2.05, 4.69) is 71.6 Å². The Kier molecular flexibility index (Phi) is 10.4. The first kappa shape index (κ1) is 22.2.